The van der Waals surface area contributed by atoms with E-state index in [1.54, 1.807) is 31.3 Å². The molecule has 0 aliphatic rings. The Kier molecular flexibility index (Phi) is 5.02. The molecule has 0 N–H and O–H groups in total. The average molecular weight is 302 g/mol. The van der Waals surface area contributed by atoms with Gasteiger partial charge in [-0.3, -0.25) is 19.9 Å². The summed E-state index contributed by atoms with van der Waals surface area (Å²) < 4.78 is 10.9. The van der Waals surface area contributed by atoms with Crippen molar-refractivity contribution in [2.24, 2.45) is 0 Å². The number of benzene rings is 1. The molecule has 1 heterocycles. The van der Waals surface area contributed by atoms with E-state index in [4.69, 9.17) is 9.47 Å². The average Bonchev–Trinajstić information content (AvgIpc) is 2.54. The van der Waals surface area contributed by atoms with Gasteiger partial charge in [0.25, 0.3) is 0 Å². The smallest absolute Gasteiger partial charge is 0.315 e. The molecule has 0 fully saturated rings. The fraction of sp³-hybridized carbons (Fsp3) is 0.200. The van der Waals surface area contributed by atoms with Crippen LogP contribution in [-0.4, -0.2) is 22.8 Å². The van der Waals surface area contributed by atoms with Crippen molar-refractivity contribution in [2.75, 3.05) is 6.61 Å². The van der Waals surface area contributed by atoms with E-state index in [9.17, 15) is 14.9 Å². The molecule has 0 bridgehead atoms. The second-order valence-corrected chi connectivity index (χ2v) is 4.29. The Morgan fingerprint density at radius 1 is 1.32 bits per heavy atom. The lowest BCUT2D eigenvalue weighted by Gasteiger charge is -2.12. The van der Waals surface area contributed by atoms with Gasteiger partial charge in [0.1, 0.15) is 12.9 Å². The number of carbonyl (C=O) groups excluding carboxylic acids is 1. The molecule has 7 heteroatoms. The summed E-state index contributed by atoms with van der Waals surface area (Å²) in [7, 11) is 0. The van der Waals surface area contributed by atoms with Gasteiger partial charge in [-0.25, -0.2) is 0 Å². The highest BCUT2D eigenvalue weighted by atomic mass is 16.6. The van der Waals surface area contributed by atoms with Crippen molar-refractivity contribution < 1.29 is 19.2 Å². The third-order valence-electron chi connectivity index (χ3n) is 2.78. The maximum atomic E-state index is 11.2. The van der Waals surface area contributed by atoms with E-state index in [1.807, 2.05) is 0 Å². The Hall–Kier alpha value is -2.96. The number of aromatic nitrogens is 1. The van der Waals surface area contributed by atoms with E-state index in [-0.39, 0.29) is 29.4 Å². The Bertz CT molecular complexity index is 673. The molecule has 0 radical (unpaired) electrons. The van der Waals surface area contributed by atoms with Crippen LogP contribution in [0.2, 0.25) is 0 Å². The highest BCUT2D eigenvalue weighted by molar-refractivity contribution is 5.79. The van der Waals surface area contributed by atoms with Gasteiger partial charge in [-0.05, 0) is 25.1 Å². The molecule has 22 heavy (non-hydrogen) atoms. The molecule has 0 unspecified atom stereocenters. The van der Waals surface area contributed by atoms with Crippen molar-refractivity contribution in [2.45, 2.75) is 13.5 Å². The molecule has 2 rings (SSSR count). The van der Waals surface area contributed by atoms with Gasteiger partial charge < -0.3 is 9.47 Å². The summed E-state index contributed by atoms with van der Waals surface area (Å²) in [6.45, 7) is 2.09. The fourth-order valence-electron chi connectivity index (χ4n) is 1.85. The molecule has 7 nitrogen and oxygen atoms in total. The van der Waals surface area contributed by atoms with Gasteiger partial charge in [0.2, 0.25) is 5.75 Å². The first-order chi connectivity index (χ1) is 10.7. The molecule has 114 valence electrons. The molecule has 0 saturated carbocycles. The molecular formula is C15H14N2O5. The van der Waals surface area contributed by atoms with Crippen molar-refractivity contribution >= 4 is 12.0 Å². The Balaban J connectivity index is 2.37. The molecule has 1 aromatic carbocycles. The summed E-state index contributed by atoms with van der Waals surface area (Å²) in [4.78, 5) is 25.6. The molecule has 0 saturated heterocycles. The summed E-state index contributed by atoms with van der Waals surface area (Å²) in [5.74, 6) is 0.151. The van der Waals surface area contributed by atoms with Crippen LogP contribution < -0.4 is 9.47 Å². The summed E-state index contributed by atoms with van der Waals surface area (Å²) >= 11 is 0. The predicted molar refractivity (Wildman–Crippen MR) is 78.2 cm³/mol. The number of nitro groups is 1. The molecule has 2 aromatic rings. The van der Waals surface area contributed by atoms with Crippen LogP contribution in [-0.2, 0) is 6.61 Å². The van der Waals surface area contributed by atoms with E-state index in [0.29, 0.717) is 18.6 Å². The van der Waals surface area contributed by atoms with Gasteiger partial charge in [-0.1, -0.05) is 6.07 Å². The van der Waals surface area contributed by atoms with Crippen molar-refractivity contribution in [1.82, 2.24) is 4.98 Å². The number of hydrogen-bond acceptors (Lipinski definition) is 6. The zero-order valence-corrected chi connectivity index (χ0v) is 11.9. The number of aldehydes is 1. The van der Waals surface area contributed by atoms with Crippen LogP contribution in [0.3, 0.4) is 0 Å². The van der Waals surface area contributed by atoms with E-state index < -0.39 is 4.92 Å². The summed E-state index contributed by atoms with van der Waals surface area (Å²) in [5, 5.41) is 11.2. The molecule has 0 aliphatic heterocycles. The molecular weight excluding hydrogens is 288 g/mol. The summed E-state index contributed by atoms with van der Waals surface area (Å²) in [6, 6.07) is 7.86. The van der Waals surface area contributed by atoms with Gasteiger partial charge >= 0.3 is 5.69 Å². The van der Waals surface area contributed by atoms with E-state index in [0.717, 1.165) is 6.07 Å². The van der Waals surface area contributed by atoms with Crippen LogP contribution in [0, 0.1) is 10.1 Å². The second-order valence-electron chi connectivity index (χ2n) is 4.29. The number of nitro benzene ring substituents is 1. The quantitative estimate of drug-likeness (QED) is 0.443. The van der Waals surface area contributed by atoms with Crippen LogP contribution in [0.1, 0.15) is 23.0 Å². The van der Waals surface area contributed by atoms with Crippen LogP contribution >= 0.6 is 0 Å². The van der Waals surface area contributed by atoms with Crippen LogP contribution in [0.15, 0.2) is 36.5 Å². The van der Waals surface area contributed by atoms with E-state index in [1.165, 1.54) is 6.07 Å². The third-order valence-corrected chi connectivity index (χ3v) is 2.78. The first-order valence-corrected chi connectivity index (χ1v) is 6.58. The predicted octanol–water partition coefficient (Wildman–Crippen LogP) is 2.78. The zero-order chi connectivity index (χ0) is 15.9. The highest BCUT2D eigenvalue weighted by Crippen LogP contribution is 2.38. The molecule has 0 spiro atoms. The lowest BCUT2D eigenvalue weighted by atomic mass is 10.2. The molecule has 0 atom stereocenters. The van der Waals surface area contributed by atoms with Crippen LogP contribution in [0.4, 0.5) is 5.69 Å². The highest BCUT2D eigenvalue weighted by Gasteiger charge is 2.22. The monoisotopic (exact) mass is 302 g/mol. The lowest BCUT2D eigenvalue weighted by molar-refractivity contribution is -0.386. The second kappa shape index (κ2) is 7.16. The Morgan fingerprint density at radius 2 is 2.14 bits per heavy atom. The van der Waals surface area contributed by atoms with Gasteiger partial charge in [0.05, 0.1) is 17.2 Å². The van der Waals surface area contributed by atoms with Crippen molar-refractivity contribution in [3.05, 3.63) is 57.9 Å². The van der Waals surface area contributed by atoms with E-state index in [2.05, 4.69) is 4.98 Å². The number of pyridine rings is 1. The number of carbonyl (C=O) groups is 1. The largest absolute Gasteiger partial charge is 0.490 e. The Morgan fingerprint density at radius 3 is 2.73 bits per heavy atom. The molecule has 1 aromatic heterocycles. The first kappa shape index (κ1) is 15.4. The van der Waals surface area contributed by atoms with Crippen LogP contribution in [0.25, 0.3) is 0 Å². The minimum Gasteiger partial charge on any atom is -0.490 e. The fourth-order valence-corrected chi connectivity index (χ4v) is 1.85. The normalized spacial score (nSPS) is 10.0. The first-order valence-electron chi connectivity index (χ1n) is 6.58. The standard InChI is InChI=1S/C15H14N2O5/c1-2-21-14-8-11(9-18)7-13(17(19)20)15(14)22-10-12-5-3-4-6-16-12/h3-9H,2,10H2,1H3. The number of rotatable bonds is 7. The summed E-state index contributed by atoms with van der Waals surface area (Å²) in [5.41, 5.74) is 0.461. The topological polar surface area (TPSA) is 91.6 Å². The van der Waals surface area contributed by atoms with Crippen molar-refractivity contribution in [1.29, 1.82) is 0 Å². The van der Waals surface area contributed by atoms with E-state index >= 15 is 0 Å². The van der Waals surface area contributed by atoms with Crippen molar-refractivity contribution in [3.8, 4) is 11.5 Å². The Labute approximate surface area is 126 Å². The molecule has 0 amide bonds. The maximum absolute atomic E-state index is 11.2. The van der Waals surface area contributed by atoms with Crippen LogP contribution in [0.5, 0.6) is 11.5 Å². The van der Waals surface area contributed by atoms with Crippen molar-refractivity contribution in [3.63, 3.8) is 0 Å². The number of hydrogen-bond donors (Lipinski definition) is 0. The minimum absolute atomic E-state index is 0.0110. The SMILES string of the molecule is CCOc1cc(C=O)cc([N+](=O)[O-])c1OCc1ccccn1. The maximum Gasteiger partial charge on any atom is 0.315 e. The summed E-state index contributed by atoms with van der Waals surface area (Å²) in [6.07, 6.45) is 2.13. The lowest BCUT2D eigenvalue weighted by Crippen LogP contribution is -2.04. The minimum atomic E-state index is -0.608. The van der Waals surface area contributed by atoms with Gasteiger partial charge in [0.15, 0.2) is 5.75 Å². The number of nitrogens with zero attached hydrogens (tertiary/aromatic N) is 2. The van der Waals surface area contributed by atoms with Gasteiger partial charge in [-0.2, -0.15) is 0 Å². The number of ether oxygens (including phenoxy) is 2. The zero-order valence-electron chi connectivity index (χ0n) is 11.9. The van der Waals surface area contributed by atoms with Gasteiger partial charge in [0, 0.05) is 17.8 Å². The third kappa shape index (κ3) is 3.57. The molecule has 0 aliphatic carbocycles. The van der Waals surface area contributed by atoms with Gasteiger partial charge in [-0.15, -0.1) is 0 Å².